The van der Waals surface area contributed by atoms with E-state index in [1.54, 1.807) is 18.7 Å². The highest BCUT2D eigenvalue weighted by Gasteiger charge is 2.35. The summed E-state index contributed by atoms with van der Waals surface area (Å²) in [5, 5.41) is 1.10. The zero-order chi connectivity index (χ0) is 24.2. The number of rotatable bonds is 6. The van der Waals surface area contributed by atoms with Crippen LogP contribution < -0.4 is 0 Å². The quantitative estimate of drug-likeness (QED) is 0.227. The molecule has 8 nitrogen and oxygen atoms in total. The number of aromatic nitrogens is 1. The summed E-state index contributed by atoms with van der Waals surface area (Å²) in [6.07, 6.45) is 1.94. The Labute approximate surface area is 193 Å². The van der Waals surface area contributed by atoms with Crippen LogP contribution in [-0.2, 0) is 30.2 Å². The fourth-order valence-electron chi connectivity index (χ4n) is 4.00. The van der Waals surface area contributed by atoms with Crippen molar-refractivity contribution in [2.45, 2.75) is 59.1 Å². The number of para-hydroxylation sites is 1. The smallest absolute Gasteiger partial charge is 0.410 e. The van der Waals surface area contributed by atoms with Gasteiger partial charge in [-0.2, -0.15) is 0 Å². The van der Waals surface area contributed by atoms with Crippen LogP contribution in [0.25, 0.3) is 10.9 Å². The van der Waals surface area contributed by atoms with E-state index in [-0.39, 0.29) is 25.2 Å². The van der Waals surface area contributed by atoms with Gasteiger partial charge in [-0.25, -0.2) is 14.4 Å². The summed E-state index contributed by atoms with van der Waals surface area (Å²) < 4.78 is 15.7. The van der Waals surface area contributed by atoms with Crippen molar-refractivity contribution < 1.29 is 28.6 Å². The number of fused-ring (bicyclic) bond motifs is 3. The first-order valence-electron chi connectivity index (χ1n) is 11.3. The van der Waals surface area contributed by atoms with E-state index in [4.69, 9.17) is 14.2 Å². The number of hydrogen-bond donors (Lipinski definition) is 1. The summed E-state index contributed by atoms with van der Waals surface area (Å²) >= 11 is 0. The van der Waals surface area contributed by atoms with E-state index in [2.05, 4.69) is 4.98 Å². The SMILES string of the molecule is CCOC(=O)C(=CCC1c2[nH]c3ccccc3c2CCN1C(=O)OC(C)(C)C)C(=O)OCC. The molecule has 1 aromatic carbocycles. The number of amides is 1. The number of ether oxygens (including phenoxy) is 3. The lowest BCUT2D eigenvalue weighted by atomic mass is 9.95. The average Bonchev–Trinajstić information content (AvgIpc) is 3.12. The van der Waals surface area contributed by atoms with Gasteiger partial charge < -0.3 is 19.2 Å². The molecule has 1 unspecified atom stereocenters. The molecule has 1 aliphatic rings. The fraction of sp³-hybridized carbons (Fsp3) is 0.480. The lowest BCUT2D eigenvalue weighted by Gasteiger charge is -2.36. The van der Waals surface area contributed by atoms with Gasteiger partial charge in [0.1, 0.15) is 11.2 Å². The number of aromatic amines is 1. The Balaban J connectivity index is 2.02. The molecule has 3 rings (SSSR count). The van der Waals surface area contributed by atoms with Crippen LogP contribution in [-0.4, -0.2) is 53.3 Å². The maximum Gasteiger partial charge on any atom is 0.410 e. The zero-order valence-electron chi connectivity index (χ0n) is 19.9. The maximum atomic E-state index is 13.1. The lowest BCUT2D eigenvalue weighted by molar-refractivity contribution is -0.146. The third-order valence-electron chi connectivity index (χ3n) is 5.32. The Morgan fingerprint density at radius 1 is 1.09 bits per heavy atom. The maximum absolute atomic E-state index is 13.1. The first kappa shape index (κ1) is 24.4. The first-order chi connectivity index (χ1) is 15.7. The Morgan fingerprint density at radius 3 is 2.33 bits per heavy atom. The van der Waals surface area contributed by atoms with Crippen molar-refractivity contribution in [1.82, 2.24) is 9.88 Å². The van der Waals surface area contributed by atoms with Gasteiger partial charge in [0.15, 0.2) is 0 Å². The number of nitrogens with one attached hydrogen (secondary N) is 1. The molecule has 0 spiro atoms. The van der Waals surface area contributed by atoms with Crippen LogP contribution in [0.1, 0.15) is 58.3 Å². The molecule has 178 valence electrons. The second kappa shape index (κ2) is 10.1. The van der Waals surface area contributed by atoms with Crippen LogP contribution in [0.5, 0.6) is 0 Å². The predicted octanol–water partition coefficient (Wildman–Crippen LogP) is 4.44. The normalized spacial score (nSPS) is 15.5. The van der Waals surface area contributed by atoms with Crippen molar-refractivity contribution in [3.05, 3.63) is 47.2 Å². The zero-order valence-corrected chi connectivity index (χ0v) is 19.9. The summed E-state index contributed by atoms with van der Waals surface area (Å²) in [6, 6.07) is 7.51. The Morgan fingerprint density at radius 2 is 1.73 bits per heavy atom. The van der Waals surface area contributed by atoms with Crippen LogP contribution in [0.3, 0.4) is 0 Å². The van der Waals surface area contributed by atoms with Crippen LogP contribution in [0.15, 0.2) is 35.9 Å². The molecular formula is C25H32N2O6. The molecule has 33 heavy (non-hydrogen) atoms. The summed E-state index contributed by atoms with van der Waals surface area (Å²) in [7, 11) is 0. The van der Waals surface area contributed by atoms with Crippen molar-refractivity contribution in [3.8, 4) is 0 Å². The Kier molecular flexibility index (Phi) is 7.46. The number of H-pyrrole nitrogens is 1. The highest BCUT2D eigenvalue weighted by Crippen LogP contribution is 2.37. The molecule has 1 atom stereocenters. The molecule has 0 aliphatic carbocycles. The van der Waals surface area contributed by atoms with E-state index in [1.165, 1.54) is 6.08 Å². The van der Waals surface area contributed by atoms with E-state index >= 15 is 0 Å². The van der Waals surface area contributed by atoms with E-state index in [9.17, 15) is 14.4 Å². The summed E-state index contributed by atoms with van der Waals surface area (Å²) in [4.78, 5) is 43.0. The van der Waals surface area contributed by atoms with Crippen LogP contribution in [0.4, 0.5) is 4.79 Å². The van der Waals surface area contributed by atoms with Crippen molar-refractivity contribution in [2.75, 3.05) is 19.8 Å². The summed E-state index contributed by atoms with van der Waals surface area (Å²) in [5.41, 5.74) is 2.14. The average molecular weight is 457 g/mol. The molecule has 0 fully saturated rings. The third kappa shape index (κ3) is 5.56. The molecule has 1 amide bonds. The molecule has 0 saturated carbocycles. The minimum absolute atomic E-state index is 0.134. The van der Waals surface area contributed by atoms with Gasteiger partial charge in [-0.1, -0.05) is 24.3 Å². The Hall–Kier alpha value is -3.29. The van der Waals surface area contributed by atoms with Crippen molar-refractivity contribution in [3.63, 3.8) is 0 Å². The highest BCUT2D eigenvalue weighted by atomic mass is 16.6. The molecule has 0 bridgehead atoms. The molecule has 1 aromatic heterocycles. The molecule has 1 N–H and O–H groups in total. The molecule has 2 aromatic rings. The van der Waals surface area contributed by atoms with Crippen LogP contribution in [0.2, 0.25) is 0 Å². The molecule has 8 heteroatoms. The van der Waals surface area contributed by atoms with E-state index in [1.807, 2.05) is 45.0 Å². The molecule has 0 radical (unpaired) electrons. The third-order valence-corrected chi connectivity index (χ3v) is 5.32. The largest absolute Gasteiger partial charge is 0.462 e. The van der Waals surface area contributed by atoms with Gasteiger partial charge in [-0.15, -0.1) is 0 Å². The fourth-order valence-corrected chi connectivity index (χ4v) is 4.00. The number of carbonyl (C=O) groups is 3. The number of esters is 2. The van der Waals surface area contributed by atoms with E-state index in [0.717, 1.165) is 22.2 Å². The Bertz CT molecular complexity index is 1040. The number of nitrogens with zero attached hydrogens (tertiary/aromatic N) is 1. The second-order valence-electron chi connectivity index (χ2n) is 8.80. The van der Waals surface area contributed by atoms with Crippen molar-refractivity contribution in [1.29, 1.82) is 0 Å². The van der Waals surface area contributed by atoms with Crippen LogP contribution in [0, 0.1) is 0 Å². The number of benzene rings is 1. The second-order valence-corrected chi connectivity index (χ2v) is 8.80. The van der Waals surface area contributed by atoms with Crippen molar-refractivity contribution in [2.24, 2.45) is 0 Å². The highest BCUT2D eigenvalue weighted by molar-refractivity contribution is 6.14. The van der Waals surface area contributed by atoms with E-state index < -0.39 is 29.7 Å². The van der Waals surface area contributed by atoms with Gasteiger partial charge in [0.2, 0.25) is 0 Å². The first-order valence-corrected chi connectivity index (χ1v) is 11.3. The standard InChI is InChI=1S/C25H32N2O6/c1-6-31-22(28)18(23(29)32-7-2)12-13-20-21-17(16-10-8-9-11-19(16)26-21)14-15-27(20)24(30)33-25(3,4)5/h8-12,20,26H,6-7,13-15H2,1-5H3. The molecule has 1 aliphatic heterocycles. The van der Waals surface area contributed by atoms with Gasteiger partial charge in [-0.3, -0.25) is 4.90 Å². The topological polar surface area (TPSA) is 97.9 Å². The lowest BCUT2D eigenvalue weighted by Crippen LogP contribution is -2.43. The van der Waals surface area contributed by atoms with Gasteiger partial charge in [0, 0.05) is 23.1 Å². The van der Waals surface area contributed by atoms with Gasteiger partial charge >= 0.3 is 18.0 Å². The number of carbonyl (C=O) groups excluding carboxylic acids is 3. The summed E-state index contributed by atoms with van der Waals surface area (Å²) in [6.45, 7) is 9.51. The molecule has 0 saturated heterocycles. The molecular weight excluding hydrogens is 424 g/mol. The monoisotopic (exact) mass is 456 g/mol. The van der Waals surface area contributed by atoms with Crippen molar-refractivity contribution >= 4 is 28.9 Å². The predicted molar refractivity (Wildman–Crippen MR) is 124 cm³/mol. The van der Waals surface area contributed by atoms with Crippen LogP contribution >= 0.6 is 0 Å². The number of hydrogen-bond acceptors (Lipinski definition) is 6. The minimum atomic E-state index is -0.743. The van der Waals surface area contributed by atoms with Gasteiger partial charge in [0.05, 0.1) is 19.3 Å². The van der Waals surface area contributed by atoms with Gasteiger partial charge in [0.25, 0.3) is 0 Å². The summed E-state index contributed by atoms with van der Waals surface area (Å²) in [5.74, 6) is -1.49. The van der Waals surface area contributed by atoms with E-state index in [0.29, 0.717) is 13.0 Å². The minimum Gasteiger partial charge on any atom is -0.462 e. The van der Waals surface area contributed by atoms with Gasteiger partial charge in [-0.05, 0) is 59.1 Å². The molecule has 2 heterocycles.